The second kappa shape index (κ2) is 4.84. The number of rotatable bonds is 5. The van der Waals surface area contributed by atoms with Crippen LogP contribution in [0.15, 0.2) is 12.3 Å². The molecule has 1 aromatic rings. The van der Waals surface area contributed by atoms with Gasteiger partial charge in [0.1, 0.15) is 5.82 Å². The van der Waals surface area contributed by atoms with Crippen molar-refractivity contribution in [3.8, 4) is 0 Å². The van der Waals surface area contributed by atoms with Gasteiger partial charge < -0.3 is 15.8 Å². The molecule has 3 N–H and O–H groups in total. The van der Waals surface area contributed by atoms with E-state index in [9.17, 15) is 4.79 Å². The number of nitrogens with zero attached hydrogens (tertiary/aromatic N) is 1. The van der Waals surface area contributed by atoms with E-state index in [2.05, 4.69) is 17.2 Å². The minimum absolute atomic E-state index is 0.335. The van der Waals surface area contributed by atoms with Crippen LogP contribution in [-0.2, 0) is 4.74 Å². The molecule has 5 heteroatoms. The normalized spacial score (nSPS) is 16.1. The lowest BCUT2D eigenvalue weighted by Gasteiger charge is -2.12. The van der Waals surface area contributed by atoms with Crippen molar-refractivity contribution in [3.05, 3.63) is 17.8 Å². The van der Waals surface area contributed by atoms with Gasteiger partial charge in [0.2, 0.25) is 0 Å². The van der Waals surface area contributed by atoms with Crippen molar-refractivity contribution < 1.29 is 9.53 Å². The Morgan fingerprint density at radius 2 is 2.33 bits per heavy atom. The van der Waals surface area contributed by atoms with Gasteiger partial charge in [0.05, 0.1) is 24.1 Å². The van der Waals surface area contributed by atoms with E-state index in [1.54, 1.807) is 13.0 Å². The number of hydrogen-bond acceptors (Lipinski definition) is 5. The zero-order valence-corrected chi connectivity index (χ0v) is 10.8. The smallest absolute Gasteiger partial charge is 0.340 e. The van der Waals surface area contributed by atoms with E-state index in [4.69, 9.17) is 10.5 Å². The molecular weight excluding hydrogens is 230 g/mol. The molecule has 0 saturated heterocycles. The van der Waals surface area contributed by atoms with Crippen LogP contribution in [0.2, 0.25) is 0 Å². The predicted molar refractivity (Wildman–Crippen MR) is 70.4 cm³/mol. The van der Waals surface area contributed by atoms with Gasteiger partial charge in [-0.25, -0.2) is 9.78 Å². The van der Waals surface area contributed by atoms with Gasteiger partial charge in [-0.05, 0) is 31.2 Å². The average Bonchev–Trinajstić information content (AvgIpc) is 3.07. The van der Waals surface area contributed by atoms with Crippen molar-refractivity contribution in [2.75, 3.05) is 24.2 Å². The maximum Gasteiger partial charge on any atom is 0.340 e. The summed E-state index contributed by atoms with van der Waals surface area (Å²) in [5.41, 5.74) is 6.82. The molecule has 1 fully saturated rings. The first kappa shape index (κ1) is 12.7. The third-order valence-electron chi connectivity index (χ3n) is 3.23. The van der Waals surface area contributed by atoms with Crippen molar-refractivity contribution >= 4 is 17.5 Å². The molecule has 98 valence electrons. The molecule has 18 heavy (non-hydrogen) atoms. The number of anilines is 2. The van der Waals surface area contributed by atoms with Crippen LogP contribution in [0.25, 0.3) is 0 Å². The van der Waals surface area contributed by atoms with Gasteiger partial charge in [-0.3, -0.25) is 0 Å². The number of carbonyl (C=O) groups excluding carboxylic acids is 1. The van der Waals surface area contributed by atoms with Crippen LogP contribution in [0.1, 0.15) is 37.0 Å². The molecule has 0 unspecified atom stereocenters. The van der Waals surface area contributed by atoms with Gasteiger partial charge in [0.15, 0.2) is 0 Å². The van der Waals surface area contributed by atoms with E-state index in [1.807, 2.05) is 0 Å². The Morgan fingerprint density at radius 1 is 1.61 bits per heavy atom. The highest BCUT2D eigenvalue weighted by Gasteiger charge is 2.36. The van der Waals surface area contributed by atoms with Gasteiger partial charge in [0.25, 0.3) is 0 Å². The van der Waals surface area contributed by atoms with Crippen LogP contribution < -0.4 is 11.1 Å². The minimum atomic E-state index is -0.405. The highest BCUT2D eigenvalue weighted by atomic mass is 16.5. The van der Waals surface area contributed by atoms with Gasteiger partial charge >= 0.3 is 5.97 Å². The van der Waals surface area contributed by atoms with Crippen LogP contribution in [0.3, 0.4) is 0 Å². The van der Waals surface area contributed by atoms with Gasteiger partial charge in [-0.1, -0.05) is 6.92 Å². The van der Waals surface area contributed by atoms with Crippen molar-refractivity contribution in [3.63, 3.8) is 0 Å². The molecule has 0 radical (unpaired) electrons. The summed E-state index contributed by atoms with van der Waals surface area (Å²) in [6.45, 7) is 5.19. The summed E-state index contributed by atoms with van der Waals surface area (Å²) in [4.78, 5) is 15.8. The van der Waals surface area contributed by atoms with Gasteiger partial charge in [-0.15, -0.1) is 0 Å². The Bertz CT molecular complexity index is 456. The Labute approximate surface area is 107 Å². The number of nitrogens with one attached hydrogen (secondary N) is 1. The van der Waals surface area contributed by atoms with Gasteiger partial charge in [0, 0.05) is 6.54 Å². The fraction of sp³-hybridized carbons (Fsp3) is 0.538. The number of ether oxygens (including phenoxy) is 1. The van der Waals surface area contributed by atoms with Crippen LogP contribution in [0.5, 0.6) is 0 Å². The predicted octanol–water partition coefficient (Wildman–Crippen LogP) is 2.05. The average molecular weight is 249 g/mol. The zero-order chi connectivity index (χ0) is 13.2. The molecule has 1 aliphatic carbocycles. The Hall–Kier alpha value is -1.78. The van der Waals surface area contributed by atoms with E-state index in [1.165, 1.54) is 19.0 Å². The Balaban J connectivity index is 2.07. The van der Waals surface area contributed by atoms with E-state index in [-0.39, 0.29) is 0 Å². The van der Waals surface area contributed by atoms with E-state index in [0.29, 0.717) is 29.1 Å². The van der Waals surface area contributed by atoms with Crippen LogP contribution in [0.4, 0.5) is 11.5 Å². The molecule has 2 rings (SSSR count). The lowest BCUT2D eigenvalue weighted by molar-refractivity contribution is 0.0527. The molecule has 0 aromatic carbocycles. The third-order valence-corrected chi connectivity index (χ3v) is 3.23. The quantitative estimate of drug-likeness (QED) is 0.781. The van der Waals surface area contributed by atoms with Crippen LogP contribution >= 0.6 is 0 Å². The molecular formula is C13H19N3O2. The lowest BCUT2D eigenvalue weighted by Crippen LogP contribution is -2.14. The molecule has 0 bridgehead atoms. The fourth-order valence-corrected chi connectivity index (χ4v) is 1.64. The summed E-state index contributed by atoms with van der Waals surface area (Å²) < 4.78 is 4.95. The maximum atomic E-state index is 11.7. The molecule has 1 heterocycles. The topological polar surface area (TPSA) is 77.2 Å². The summed E-state index contributed by atoms with van der Waals surface area (Å²) in [5.74, 6) is 0.262. The number of aromatic nitrogens is 1. The molecule has 0 aliphatic heterocycles. The summed E-state index contributed by atoms with van der Waals surface area (Å²) in [6, 6.07) is 1.65. The molecule has 1 aliphatic rings. The highest BCUT2D eigenvalue weighted by molar-refractivity contribution is 5.95. The molecule has 5 nitrogen and oxygen atoms in total. The zero-order valence-electron chi connectivity index (χ0n) is 10.8. The maximum absolute atomic E-state index is 11.7. The largest absolute Gasteiger partial charge is 0.462 e. The summed E-state index contributed by atoms with van der Waals surface area (Å²) >= 11 is 0. The Kier molecular flexibility index (Phi) is 3.41. The number of esters is 1. The van der Waals surface area contributed by atoms with E-state index in [0.717, 1.165) is 6.54 Å². The molecule has 1 saturated carbocycles. The standard InChI is InChI=1S/C13H19N3O2/c1-3-18-12(17)9-6-11(15-7-10(9)14)16-8-13(2)4-5-13/h6-7H,3-5,8,14H2,1-2H3,(H,15,16). The minimum Gasteiger partial charge on any atom is -0.462 e. The van der Waals surface area contributed by atoms with Gasteiger partial charge in [-0.2, -0.15) is 0 Å². The number of nitrogens with two attached hydrogens (primary N) is 1. The molecule has 0 spiro atoms. The summed E-state index contributed by atoms with van der Waals surface area (Å²) in [5, 5.41) is 3.24. The molecule has 1 aromatic heterocycles. The first-order chi connectivity index (χ1) is 8.54. The van der Waals surface area contributed by atoms with Crippen LogP contribution in [0, 0.1) is 5.41 Å². The number of nitrogen functional groups attached to an aromatic ring is 1. The monoisotopic (exact) mass is 249 g/mol. The van der Waals surface area contributed by atoms with Crippen molar-refractivity contribution in [2.24, 2.45) is 5.41 Å². The highest BCUT2D eigenvalue weighted by Crippen LogP contribution is 2.44. The second-order valence-electron chi connectivity index (χ2n) is 5.04. The second-order valence-corrected chi connectivity index (χ2v) is 5.04. The SMILES string of the molecule is CCOC(=O)c1cc(NCC2(C)CC2)ncc1N. The summed E-state index contributed by atoms with van der Waals surface area (Å²) in [6.07, 6.45) is 3.96. The lowest BCUT2D eigenvalue weighted by atomic mass is 10.1. The first-order valence-corrected chi connectivity index (χ1v) is 6.20. The number of pyridine rings is 1. The molecule has 0 atom stereocenters. The molecule has 0 amide bonds. The van der Waals surface area contributed by atoms with E-state index >= 15 is 0 Å². The number of hydrogen-bond donors (Lipinski definition) is 2. The fourth-order valence-electron chi connectivity index (χ4n) is 1.64. The van der Waals surface area contributed by atoms with Crippen LogP contribution in [-0.4, -0.2) is 24.1 Å². The first-order valence-electron chi connectivity index (χ1n) is 6.20. The van der Waals surface area contributed by atoms with Crippen molar-refractivity contribution in [2.45, 2.75) is 26.7 Å². The third kappa shape index (κ3) is 2.91. The summed E-state index contributed by atoms with van der Waals surface area (Å²) in [7, 11) is 0. The Morgan fingerprint density at radius 3 is 2.94 bits per heavy atom. The van der Waals surface area contributed by atoms with Crippen molar-refractivity contribution in [1.29, 1.82) is 0 Å². The number of carbonyl (C=O) groups is 1. The van der Waals surface area contributed by atoms with Crippen molar-refractivity contribution in [1.82, 2.24) is 4.98 Å². The van der Waals surface area contributed by atoms with E-state index < -0.39 is 5.97 Å².